The van der Waals surface area contributed by atoms with Crippen LogP contribution in [0, 0.1) is 6.92 Å². The van der Waals surface area contributed by atoms with Crippen molar-refractivity contribution < 1.29 is 18.0 Å². The summed E-state index contributed by atoms with van der Waals surface area (Å²) >= 11 is 0. The molecule has 0 N–H and O–H groups in total. The van der Waals surface area contributed by atoms with E-state index in [9.17, 15) is 18.0 Å². The molecule has 0 radical (unpaired) electrons. The molecule has 0 bridgehead atoms. The van der Waals surface area contributed by atoms with Crippen molar-refractivity contribution in [1.29, 1.82) is 0 Å². The molecule has 0 aliphatic heterocycles. The van der Waals surface area contributed by atoms with E-state index in [-0.39, 0.29) is 0 Å². The molecule has 0 spiro atoms. The third-order valence-electron chi connectivity index (χ3n) is 4.25. The summed E-state index contributed by atoms with van der Waals surface area (Å²) in [5.41, 5.74) is 3.13. The summed E-state index contributed by atoms with van der Waals surface area (Å²) in [6, 6.07) is 3.65. The average molecular weight is 350 g/mol. The fourth-order valence-electron chi connectivity index (χ4n) is 2.50. The first-order chi connectivity index (χ1) is 11.7. The van der Waals surface area contributed by atoms with Crippen LogP contribution in [0.2, 0.25) is 0 Å². The van der Waals surface area contributed by atoms with E-state index in [0.29, 0.717) is 16.7 Å². The predicted molar refractivity (Wildman–Crippen MR) is 97.8 cm³/mol. The molecule has 0 atom stereocenters. The normalized spacial score (nSPS) is 13.0. The van der Waals surface area contributed by atoms with Crippen LogP contribution in [0.25, 0.3) is 5.57 Å². The minimum Gasteiger partial charge on any atom is -0.298 e. The second-order valence-corrected chi connectivity index (χ2v) is 6.10. The highest BCUT2D eigenvalue weighted by Crippen LogP contribution is 2.27. The number of allylic oxidation sites excluding steroid dienone is 5. The Morgan fingerprint density at radius 2 is 1.88 bits per heavy atom. The van der Waals surface area contributed by atoms with Crippen LogP contribution in [-0.2, 0) is 6.42 Å². The van der Waals surface area contributed by atoms with Crippen LogP contribution in [0.3, 0.4) is 0 Å². The van der Waals surface area contributed by atoms with Crippen LogP contribution in [-0.4, -0.2) is 12.5 Å². The summed E-state index contributed by atoms with van der Waals surface area (Å²) in [5, 5.41) is 0. The number of unbranched alkanes of at least 4 members (excludes halogenated alkanes) is 2. The van der Waals surface area contributed by atoms with Crippen molar-refractivity contribution in [3.05, 3.63) is 64.8 Å². The van der Waals surface area contributed by atoms with E-state index >= 15 is 0 Å². The third-order valence-corrected chi connectivity index (χ3v) is 4.25. The minimum absolute atomic E-state index is 0.559. The van der Waals surface area contributed by atoms with Gasteiger partial charge in [0.2, 0.25) is 0 Å². The zero-order valence-corrected chi connectivity index (χ0v) is 15.0. The number of carbonyl (C=O) groups is 1. The molecule has 0 amide bonds. The van der Waals surface area contributed by atoms with Gasteiger partial charge in [-0.15, -0.1) is 0 Å². The lowest BCUT2D eigenvalue weighted by Gasteiger charge is -2.12. The lowest BCUT2D eigenvalue weighted by atomic mass is 9.92. The molecule has 0 saturated heterocycles. The monoisotopic (exact) mass is 350 g/mol. The van der Waals surface area contributed by atoms with Crippen molar-refractivity contribution in [1.82, 2.24) is 0 Å². The summed E-state index contributed by atoms with van der Waals surface area (Å²) in [6.07, 6.45) is 4.43. The smallest absolute Gasteiger partial charge is 0.298 e. The SMILES string of the molecule is C=C/C(=C\C=C(/C)C(F)(F)F)c1cc(C=O)c(C)c(CCCCC)c1. The van der Waals surface area contributed by atoms with Gasteiger partial charge in [-0.05, 0) is 55.0 Å². The van der Waals surface area contributed by atoms with Gasteiger partial charge in [-0.3, -0.25) is 4.79 Å². The standard InChI is InChI=1S/C21H25F3O/c1-5-7-8-9-18-12-19(13-20(14-25)16(18)4)17(6-2)11-10-15(3)21(22,23)24/h6,10-14H,2,5,7-9H2,1,3-4H3/b15-10+,17-11+. The Morgan fingerprint density at radius 3 is 2.40 bits per heavy atom. The molecule has 1 aromatic rings. The fraction of sp³-hybridized carbons (Fsp3) is 0.381. The fourth-order valence-corrected chi connectivity index (χ4v) is 2.50. The highest BCUT2D eigenvalue weighted by molar-refractivity contribution is 5.83. The first-order valence-electron chi connectivity index (χ1n) is 8.41. The van der Waals surface area contributed by atoms with Crippen LogP contribution in [0.5, 0.6) is 0 Å². The van der Waals surface area contributed by atoms with Crippen LogP contribution in [0.4, 0.5) is 13.2 Å². The Kier molecular flexibility index (Phi) is 7.88. The van der Waals surface area contributed by atoms with Crippen molar-refractivity contribution in [3.8, 4) is 0 Å². The molecule has 136 valence electrons. The highest BCUT2D eigenvalue weighted by atomic mass is 19.4. The first-order valence-corrected chi connectivity index (χ1v) is 8.41. The molecular weight excluding hydrogens is 325 g/mol. The van der Waals surface area contributed by atoms with Gasteiger partial charge in [0.15, 0.2) is 0 Å². The number of halogens is 3. The molecule has 1 rings (SSSR count). The van der Waals surface area contributed by atoms with Crippen molar-refractivity contribution in [2.45, 2.75) is 52.6 Å². The van der Waals surface area contributed by atoms with E-state index in [2.05, 4.69) is 13.5 Å². The van der Waals surface area contributed by atoms with Crippen LogP contribution < -0.4 is 0 Å². The molecule has 1 nitrogen and oxygen atoms in total. The summed E-state index contributed by atoms with van der Waals surface area (Å²) in [5.74, 6) is 0. The van der Waals surface area contributed by atoms with Crippen molar-refractivity contribution in [2.24, 2.45) is 0 Å². The van der Waals surface area contributed by atoms with Gasteiger partial charge < -0.3 is 0 Å². The lowest BCUT2D eigenvalue weighted by Crippen LogP contribution is -2.08. The quantitative estimate of drug-likeness (QED) is 0.292. The molecule has 0 aliphatic rings. The minimum atomic E-state index is -4.35. The van der Waals surface area contributed by atoms with E-state index in [1.54, 1.807) is 6.07 Å². The summed E-state index contributed by atoms with van der Waals surface area (Å²) in [7, 11) is 0. The zero-order valence-electron chi connectivity index (χ0n) is 15.0. The van der Waals surface area contributed by atoms with Crippen LogP contribution >= 0.6 is 0 Å². The average Bonchev–Trinajstić information content (AvgIpc) is 2.56. The van der Waals surface area contributed by atoms with Gasteiger partial charge in [-0.25, -0.2) is 0 Å². The molecule has 0 unspecified atom stereocenters. The predicted octanol–water partition coefficient (Wildman–Crippen LogP) is 6.62. The molecule has 25 heavy (non-hydrogen) atoms. The topological polar surface area (TPSA) is 17.1 Å². The maximum absolute atomic E-state index is 12.6. The highest BCUT2D eigenvalue weighted by Gasteiger charge is 2.29. The van der Waals surface area contributed by atoms with Crippen molar-refractivity contribution in [3.63, 3.8) is 0 Å². The number of aldehydes is 1. The van der Waals surface area contributed by atoms with Crippen LogP contribution in [0.15, 0.2) is 42.5 Å². The van der Waals surface area contributed by atoms with E-state index in [0.717, 1.165) is 56.1 Å². The van der Waals surface area contributed by atoms with Gasteiger partial charge in [0.05, 0.1) is 0 Å². The van der Waals surface area contributed by atoms with E-state index in [1.807, 2.05) is 13.0 Å². The Hall–Kier alpha value is -2.10. The Balaban J connectivity index is 3.30. The summed E-state index contributed by atoms with van der Waals surface area (Å²) in [6.45, 7) is 8.74. The van der Waals surface area contributed by atoms with Gasteiger partial charge in [-0.2, -0.15) is 13.2 Å². The number of rotatable bonds is 8. The van der Waals surface area contributed by atoms with E-state index < -0.39 is 11.7 Å². The van der Waals surface area contributed by atoms with Crippen molar-refractivity contribution >= 4 is 11.9 Å². The van der Waals surface area contributed by atoms with Gasteiger partial charge in [0.25, 0.3) is 0 Å². The van der Waals surface area contributed by atoms with Gasteiger partial charge in [0, 0.05) is 11.1 Å². The first kappa shape index (κ1) is 20.9. The number of alkyl halides is 3. The molecule has 1 aromatic carbocycles. The molecule has 0 aliphatic carbocycles. The van der Waals surface area contributed by atoms with Gasteiger partial charge in [-0.1, -0.05) is 50.6 Å². The molecule has 0 fully saturated rings. The second-order valence-electron chi connectivity index (χ2n) is 6.10. The maximum Gasteiger partial charge on any atom is 0.412 e. The lowest BCUT2D eigenvalue weighted by molar-refractivity contribution is -0.0912. The maximum atomic E-state index is 12.6. The number of hydrogen-bond donors (Lipinski definition) is 0. The van der Waals surface area contributed by atoms with Crippen molar-refractivity contribution in [2.75, 3.05) is 0 Å². The molecule has 4 heteroatoms. The zero-order chi connectivity index (χ0) is 19.0. The number of benzene rings is 1. The number of hydrogen-bond acceptors (Lipinski definition) is 1. The van der Waals surface area contributed by atoms with Crippen LogP contribution in [0.1, 0.15) is 60.2 Å². The number of carbonyl (C=O) groups excluding carboxylic acids is 1. The third kappa shape index (κ3) is 6.04. The molecule has 0 heterocycles. The van der Waals surface area contributed by atoms with Gasteiger partial charge >= 0.3 is 6.18 Å². The van der Waals surface area contributed by atoms with Gasteiger partial charge in [0.1, 0.15) is 6.29 Å². The van der Waals surface area contributed by atoms with E-state index in [4.69, 9.17) is 0 Å². The number of aryl methyl sites for hydroxylation is 1. The molecular formula is C21H25F3O. The Labute approximate surface area is 147 Å². The Morgan fingerprint density at radius 1 is 1.20 bits per heavy atom. The molecule has 0 saturated carbocycles. The second kappa shape index (κ2) is 9.40. The summed E-state index contributed by atoms with van der Waals surface area (Å²) < 4.78 is 37.9. The Bertz CT molecular complexity index is 679. The van der Waals surface area contributed by atoms with E-state index in [1.165, 1.54) is 12.2 Å². The largest absolute Gasteiger partial charge is 0.412 e. The summed E-state index contributed by atoms with van der Waals surface area (Å²) in [4.78, 5) is 11.4. The molecule has 0 aromatic heterocycles.